The van der Waals surface area contributed by atoms with Gasteiger partial charge in [-0.15, -0.1) is 10.2 Å². The van der Waals surface area contributed by atoms with E-state index in [0.717, 1.165) is 41.9 Å². The average Bonchev–Trinajstić information content (AvgIpc) is 3.49. The number of anilines is 1. The van der Waals surface area contributed by atoms with Crippen LogP contribution in [0.5, 0.6) is 0 Å². The molecule has 6 nitrogen and oxygen atoms in total. The molecule has 1 fully saturated rings. The number of aromatic nitrogens is 3. The summed E-state index contributed by atoms with van der Waals surface area (Å²) in [5.41, 5.74) is 1.97. The van der Waals surface area contributed by atoms with Crippen molar-refractivity contribution >= 4 is 23.5 Å². The lowest BCUT2D eigenvalue weighted by atomic mass is 10.1. The molecule has 0 bridgehead atoms. The van der Waals surface area contributed by atoms with E-state index in [2.05, 4.69) is 26.6 Å². The first-order valence-electron chi connectivity index (χ1n) is 9.70. The molecule has 0 unspecified atom stereocenters. The highest BCUT2D eigenvalue weighted by Crippen LogP contribution is 2.26. The molecule has 0 spiro atoms. The number of carbonyl (C=O) groups is 1. The van der Waals surface area contributed by atoms with E-state index < -0.39 is 0 Å². The lowest BCUT2D eigenvalue weighted by molar-refractivity contribution is 0.102. The van der Waals surface area contributed by atoms with Crippen LogP contribution in [0.3, 0.4) is 0 Å². The third-order valence-corrected chi connectivity index (χ3v) is 5.96. The van der Waals surface area contributed by atoms with E-state index in [1.165, 1.54) is 30.2 Å². The van der Waals surface area contributed by atoms with Crippen molar-refractivity contribution in [2.45, 2.75) is 37.9 Å². The van der Waals surface area contributed by atoms with Crippen molar-refractivity contribution in [3.8, 4) is 0 Å². The zero-order valence-corrected chi connectivity index (χ0v) is 16.8. The van der Waals surface area contributed by atoms with Gasteiger partial charge in [-0.25, -0.2) is 0 Å². The van der Waals surface area contributed by atoms with Crippen LogP contribution in [0.4, 0.5) is 5.95 Å². The fraction of sp³-hybridized carbons (Fsp3) is 0.381. The molecule has 0 atom stereocenters. The molecule has 1 aromatic carbocycles. The molecular weight excluding hydrogens is 372 g/mol. The van der Waals surface area contributed by atoms with E-state index >= 15 is 0 Å². The molecular formula is C21H24N4O2S. The van der Waals surface area contributed by atoms with Gasteiger partial charge in [-0.3, -0.25) is 9.36 Å². The van der Waals surface area contributed by atoms with Gasteiger partial charge in [-0.05, 0) is 37.0 Å². The van der Waals surface area contributed by atoms with E-state index in [9.17, 15) is 4.79 Å². The number of ketones is 1. The van der Waals surface area contributed by atoms with E-state index in [1.807, 2.05) is 36.4 Å². The van der Waals surface area contributed by atoms with Crippen LogP contribution in [0, 0.1) is 0 Å². The first-order chi connectivity index (χ1) is 13.7. The van der Waals surface area contributed by atoms with Crippen molar-refractivity contribution in [2.75, 3.05) is 23.7 Å². The molecule has 0 amide bonds. The number of aryl methyl sites for hydroxylation is 1. The van der Waals surface area contributed by atoms with Crippen LogP contribution >= 0.6 is 11.8 Å². The van der Waals surface area contributed by atoms with Gasteiger partial charge < -0.3 is 9.32 Å². The SMILES string of the molecule is CCc1ccc(C(=O)CSc2nnc(N3CCCC3)n2Cc2ccco2)cc1. The standard InChI is InChI=1S/C21H24N4O2S/c1-2-16-7-9-17(10-8-16)19(26)15-28-21-23-22-20(24-11-3-4-12-24)25(21)14-18-6-5-13-27-18/h5-10,13H,2-4,11-12,14-15H2,1H3. The number of hydrogen-bond acceptors (Lipinski definition) is 6. The van der Waals surface area contributed by atoms with Gasteiger partial charge in [0.2, 0.25) is 5.95 Å². The highest BCUT2D eigenvalue weighted by molar-refractivity contribution is 7.99. The predicted molar refractivity (Wildman–Crippen MR) is 110 cm³/mol. The molecule has 7 heteroatoms. The van der Waals surface area contributed by atoms with E-state index in [4.69, 9.17) is 4.42 Å². The summed E-state index contributed by atoms with van der Waals surface area (Å²) in [7, 11) is 0. The minimum atomic E-state index is 0.0999. The van der Waals surface area contributed by atoms with Gasteiger partial charge in [0.1, 0.15) is 5.76 Å². The summed E-state index contributed by atoms with van der Waals surface area (Å²) in [6.07, 6.45) is 4.98. The Hall–Kier alpha value is -2.54. The summed E-state index contributed by atoms with van der Waals surface area (Å²) in [4.78, 5) is 14.9. The van der Waals surface area contributed by atoms with Crippen molar-refractivity contribution < 1.29 is 9.21 Å². The summed E-state index contributed by atoms with van der Waals surface area (Å²) in [6, 6.07) is 11.7. The number of nitrogens with zero attached hydrogens (tertiary/aromatic N) is 4. The van der Waals surface area contributed by atoms with Crippen LogP contribution in [-0.4, -0.2) is 39.4 Å². The topological polar surface area (TPSA) is 64.2 Å². The Morgan fingerprint density at radius 1 is 1.14 bits per heavy atom. The first-order valence-corrected chi connectivity index (χ1v) is 10.7. The largest absolute Gasteiger partial charge is 0.467 e. The molecule has 0 aliphatic carbocycles. The number of Topliss-reactive ketones (excluding diaryl/α,β-unsaturated/α-hetero) is 1. The monoisotopic (exact) mass is 396 g/mol. The Morgan fingerprint density at radius 2 is 1.93 bits per heavy atom. The Bertz CT molecular complexity index is 913. The zero-order valence-electron chi connectivity index (χ0n) is 16.0. The van der Waals surface area contributed by atoms with Crippen LogP contribution in [-0.2, 0) is 13.0 Å². The molecule has 1 saturated heterocycles. The molecule has 4 rings (SSSR count). The molecule has 1 aliphatic heterocycles. The van der Waals surface area contributed by atoms with Crippen molar-refractivity contribution in [1.29, 1.82) is 0 Å². The molecule has 3 aromatic rings. The number of benzene rings is 1. The third kappa shape index (κ3) is 4.14. The lowest BCUT2D eigenvalue weighted by Gasteiger charge is -2.17. The number of hydrogen-bond donors (Lipinski definition) is 0. The number of thioether (sulfide) groups is 1. The predicted octanol–water partition coefficient (Wildman–Crippen LogP) is 4.06. The molecule has 146 valence electrons. The van der Waals surface area contributed by atoms with Crippen molar-refractivity contribution in [2.24, 2.45) is 0 Å². The highest BCUT2D eigenvalue weighted by atomic mass is 32.2. The Morgan fingerprint density at radius 3 is 2.61 bits per heavy atom. The summed E-state index contributed by atoms with van der Waals surface area (Å²) in [6.45, 7) is 4.65. The fourth-order valence-electron chi connectivity index (χ4n) is 3.38. The maximum absolute atomic E-state index is 12.6. The van der Waals surface area contributed by atoms with E-state index in [-0.39, 0.29) is 5.78 Å². The fourth-order valence-corrected chi connectivity index (χ4v) is 4.20. The van der Waals surface area contributed by atoms with Gasteiger partial charge in [0.25, 0.3) is 0 Å². The minimum absolute atomic E-state index is 0.0999. The quantitative estimate of drug-likeness (QED) is 0.423. The second-order valence-corrected chi connectivity index (χ2v) is 7.85. The number of rotatable bonds is 8. The second kappa shape index (κ2) is 8.65. The van der Waals surface area contributed by atoms with Crippen LogP contribution < -0.4 is 4.90 Å². The average molecular weight is 397 g/mol. The molecule has 2 aromatic heterocycles. The number of carbonyl (C=O) groups excluding carboxylic acids is 1. The number of furan rings is 1. The summed E-state index contributed by atoms with van der Waals surface area (Å²) in [5.74, 6) is 2.14. The van der Waals surface area contributed by atoms with Gasteiger partial charge in [-0.1, -0.05) is 43.0 Å². The molecule has 0 radical (unpaired) electrons. The van der Waals surface area contributed by atoms with Gasteiger partial charge in [0.15, 0.2) is 10.9 Å². The normalized spacial score (nSPS) is 14.0. The van der Waals surface area contributed by atoms with Gasteiger partial charge in [-0.2, -0.15) is 0 Å². The molecule has 0 N–H and O–H groups in total. The van der Waals surface area contributed by atoms with Gasteiger partial charge >= 0.3 is 0 Å². The second-order valence-electron chi connectivity index (χ2n) is 6.90. The Labute approximate surface area is 168 Å². The van der Waals surface area contributed by atoms with E-state index in [1.54, 1.807) is 6.26 Å². The highest BCUT2D eigenvalue weighted by Gasteiger charge is 2.22. The molecule has 1 aliphatic rings. The Balaban J connectivity index is 1.50. The Kier molecular flexibility index (Phi) is 5.81. The van der Waals surface area contributed by atoms with Crippen LogP contribution in [0.2, 0.25) is 0 Å². The minimum Gasteiger partial charge on any atom is -0.467 e. The van der Waals surface area contributed by atoms with Crippen molar-refractivity contribution in [1.82, 2.24) is 14.8 Å². The maximum atomic E-state index is 12.6. The summed E-state index contributed by atoms with van der Waals surface area (Å²) < 4.78 is 7.58. The molecule has 28 heavy (non-hydrogen) atoms. The first kappa shape index (κ1) is 18.8. The van der Waals surface area contributed by atoms with E-state index in [0.29, 0.717) is 12.3 Å². The van der Waals surface area contributed by atoms with Crippen LogP contribution in [0.15, 0.2) is 52.2 Å². The smallest absolute Gasteiger partial charge is 0.228 e. The lowest BCUT2D eigenvalue weighted by Crippen LogP contribution is -2.22. The third-order valence-electron chi connectivity index (χ3n) is 5.00. The summed E-state index contributed by atoms with van der Waals surface area (Å²) in [5, 5.41) is 9.54. The van der Waals surface area contributed by atoms with Crippen molar-refractivity contribution in [3.63, 3.8) is 0 Å². The summed E-state index contributed by atoms with van der Waals surface area (Å²) >= 11 is 1.43. The van der Waals surface area contributed by atoms with Crippen LogP contribution in [0.25, 0.3) is 0 Å². The van der Waals surface area contributed by atoms with Crippen LogP contribution in [0.1, 0.15) is 41.4 Å². The maximum Gasteiger partial charge on any atom is 0.228 e. The van der Waals surface area contributed by atoms with Crippen molar-refractivity contribution in [3.05, 3.63) is 59.5 Å². The van der Waals surface area contributed by atoms with Gasteiger partial charge in [0.05, 0.1) is 18.6 Å². The van der Waals surface area contributed by atoms with Gasteiger partial charge in [0, 0.05) is 18.7 Å². The zero-order chi connectivity index (χ0) is 19.3. The molecule has 3 heterocycles. The molecule has 0 saturated carbocycles.